The van der Waals surface area contributed by atoms with E-state index in [0.717, 1.165) is 30.7 Å². The molecule has 3 rings (SSSR count). The summed E-state index contributed by atoms with van der Waals surface area (Å²) in [7, 11) is 0. The number of pyridine rings is 1. The zero-order valence-corrected chi connectivity index (χ0v) is 11.2. The molecule has 100 valence electrons. The van der Waals surface area contributed by atoms with E-state index in [-0.39, 0.29) is 0 Å². The molecule has 4 heteroatoms. The standard InChI is InChI=1S/C15H19N3O/c1-2-17-7-4-3-5-14(17)15-16-10-13-9-12(11-19)6-8-18(13)15/h6,8-11,14H,2-5,7H2,1H3. The minimum Gasteiger partial charge on any atom is -0.302 e. The molecule has 2 aromatic heterocycles. The molecule has 0 aliphatic carbocycles. The van der Waals surface area contributed by atoms with Crippen molar-refractivity contribution in [3.63, 3.8) is 0 Å². The number of fused-ring (bicyclic) bond motifs is 1. The first-order valence-electron chi connectivity index (χ1n) is 6.99. The monoisotopic (exact) mass is 257 g/mol. The van der Waals surface area contributed by atoms with Gasteiger partial charge in [-0.15, -0.1) is 0 Å². The first kappa shape index (κ1) is 12.4. The van der Waals surface area contributed by atoms with Gasteiger partial charge in [0.2, 0.25) is 0 Å². The maximum atomic E-state index is 10.8. The smallest absolute Gasteiger partial charge is 0.150 e. The van der Waals surface area contributed by atoms with Crippen LogP contribution in [-0.2, 0) is 0 Å². The lowest BCUT2D eigenvalue weighted by molar-refractivity contribution is 0.112. The molecule has 1 atom stereocenters. The summed E-state index contributed by atoms with van der Waals surface area (Å²) < 4.78 is 2.12. The van der Waals surface area contributed by atoms with Crippen LogP contribution in [0.25, 0.3) is 5.52 Å². The zero-order valence-electron chi connectivity index (χ0n) is 11.2. The van der Waals surface area contributed by atoms with Gasteiger partial charge in [-0.3, -0.25) is 9.69 Å². The Hall–Kier alpha value is -1.68. The highest BCUT2D eigenvalue weighted by Gasteiger charge is 2.25. The van der Waals surface area contributed by atoms with Crippen LogP contribution in [0, 0.1) is 0 Å². The summed E-state index contributed by atoms with van der Waals surface area (Å²) in [4.78, 5) is 17.9. The van der Waals surface area contributed by atoms with Gasteiger partial charge in [-0.25, -0.2) is 4.98 Å². The number of likely N-dealkylation sites (tertiary alicyclic amines) is 1. The van der Waals surface area contributed by atoms with Crippen LogP contribution in [0.15, 0.2) is 24.5 Å². The Morgan fingerprint density at radius 2 is 2.37 bits per heavy atom. The van der Waals surface area contributed by atoms with Crippen LogP contribution in [0.4, 0.5) is 0 Å². The molecule has 1 fully saturated rings. The lowest BCUT2D eigenvalue weighted by atomic mass is 10.0. The number of carbonyl (C=O) groups excluding carboxylic acids is 1. The molecule has 0 aromatic carbocycles. The molecular formula is C15H19N3O. The second kappa shape index (κ2) is 5.13. The van der Waals surface area contributed by atoms with Gasteiger partial charge in [0, 0.05) is 11.8 Å². The number of hydrogen-bond donors (Lipinski definition) is 0. The first-order chi connectivity index (χ1) is 9.33. The minimum atomic E-state index is 0.406. The van der Waals surface area contributed by atoms with Crippen molar-refractivity contribution in [1.29, 1.82) is 0 Å². The third-order valence-electron chi connectivity index (χ3n) is 4.04. The molecule has 1 aliphatic rings. The maximum Gasteiger partial charge on any atom is 0.150 e. The van der Waals surface area contributed by atoms with Crippen molar-refractivity contribution in [3.8, 4) is 0 Å². The van der Waals surface area contributed by atoms with Crippen molar-refractivity contribution in [3.05, 3.63) is 35.9 Å². The molecule has 0 bridgehead atoms. The van der Waals surface area contributed by atoms with E-state index in [1.165, 1.54) is 19.3 Å². The number of carbonyl (C=O) groups is 1. The van der Waals surface area contributed by atoms with E-state index in [1.807, 2.05) is 24.5 Å². The zero-order chi connectivity index (χ0) is 13.2. The summed E-state index contributed by atoms with van der Waals surface area (Å²) in [6.07, 6.45) is 8.42. The number of aromatic nitrogens is 2. The van der Waals surface area contributed by atoms with E-state index >= 15 is 0 Å². The molecular weight excluding hydrogens is 238 g/mol. The van der Waals surface area contributed by atoms with Crippen molar-refractivity contribution >= 4 is 11.8 Å². The van der Waals surface area contributed by atoms with Crippen LogP contribution in [0.3, 0.4) is 0 Å². The Kier molecular flexibility index (Phi) is 3.34. The second-order valence-corrected chi connectivity index (χ2v) is 5.13. The average molecular weight is 257 g/mol. The average Bonchev–Trinajstić information content (AvgIpc) is 2.89. The summed E-state index contributed by atoms with van der Waals surface area (Å²) in [6, 6.07) is 4.15. The van der Waals surface area contributed by atoms with Gasteiger partial charge in [-0.05, 0) is 38.1 Å². The van der Waals surface area contributed by atoms with Crippen molar-refractivity contribution < 1.29 is 4.79 Å². The second-order valence-electron chi connectivity index (χ2n) is 5.13. The van der Waals surface area contributed by atoms with Crippen molar-refractivity contribution in [2.24, 2.45) is 0 Å². The number of piperidine rings is 1. The highest BCUT2D eigenvalue weighted by Crippen LogP contribution is 2.30. The summed E-state index contributed by atoms with van der Waals surface area (Å²) in [5, 5.41) is 0. The van der Waals surface area contributed by atoms with E-state index in [0.29, 0.717) is 11.6 Å². The van der Waals surface area contributed by atoms with E-state index in [2.05, 4.69) is 21.2 Å². The third-order valence-corrected chi connectivity index (χ3v) is 4.04. The molecule has 1 aliphatic heterocycles. The fraction of sp³-hybridized carbons (Fsp3) is 0.467. The number of rotatable bonds is 3. The Bertz CT molecular complexity index is 590. The summed E-state index contributed by atoms with van der Waals surface area (Å²) >= 11 is 0. The molecule has 0 N–H and O–H groups in total. The molecule has 1 unspecified atom stereocenters. The summed E-state index contributed by atoms with van der Waals surface area (Å²) in [6.45, 7) is 4.42. The Morgan fingerprint density at radius 3 is 3.16 bits per heavy atom. The van der Waals surface area contributed by atoms with E-state index in [1.54, 1.807) is 0 Å². The number of hydrogen-bond acceptors (Lipinski definition) is 3. The third kappa shape index (κ3) is 2.16. The quantitative estimate of drug-likeness (QED) is 0.793. The normalized spacial score (nSPS) is 20.8. The molecule has 3 heterocycles. The van der Waals surface area contributed by atoms with Crippen LogP contribution in [0.2, 0.25) is 0 Å². The Morgan fingerprint density at radius 1 is 1.47 bits per heavy atom. The van der Waals surface area contributed by atoms with Crippen LogP contribution < -0.4 is 0 Å². The molecule has 2 aromatic rings. The summed E-state index contributed by atoms with van der Waals surface area (Å²) in [5.41, 5.74) is 1.70. The van der Waals surface area contributed by atoms with E-state index in [9.17, 15) is 4.79 Å². The minimum absolute atomic E-state index is 0.406. The fourth-order valence-corrected chi connectivity index (χ4v) is 3.02. The van der Waals surface area contributed by atoms with Crippen LogP contribution in [-0.4, -0.2) is 33.7 Å². The molecule has 0 radical (unpaired) electrons. The molecule has 0 spiro atoms. The first-order valence-corrected chi connectivity index (χ1v) is 6.99. The summed E-state index contributed by atoms with van der Waals surface area (Å²) in [5.74, 6) is 1.11. The number of aldehydes is 1. The maximum absolute atomic E-state index is 10.8. The molecule has 1 saturated heterocycles. The van der Waals surface area contributed by atoms with E-state index < -0.39 is 0 Å². The van der Waals surface area contributed by atoms with Gasteiger partial charge >= 0.3 is 0 Å². The van der Waals surface area contributed by atoms with Gasteiger partial charge in [0.05, 0.1) is 17.8 Å². The fourth-order valence-electron chi connectivity index (χ4n) is 3.02. The molecule has 19 heavy (non-hydrogen) atoms. The van der Waals surface area contributed by atoms with Gasteiger partial charge in [0.25, 0.3) is 0 Å². The van der Waals surface area contributed by atoms with Crippen molar-refractivity contribution in [2.45, 2.75) is 32.2 Å². The highest BCUT2D eigenvalue weighted by molar-refractivity contribution is 5.77. The van der Waals surface area contributed by atoms with Gasteiger partial charge in [-0.2, -0.15) is 0 Å². The van der Waals surface area contributed by atoms with Crippen molar-refractivity contribution in [2.75, 3.05) is 13.1 Å². The topological polar surface area (TPSA) is 37.6 Å². The van der Waals surface area contributed by atoms with Crippen LogP contribution in [0.5, 0.6) is 0 Å². The van der Waals surface area contributed by atoms with Crippen LogP contribution >= 0.6 is 0 Å². The highest BCUT2D eigenvalue weighted by atomic mass is 16.1. The Labute approximate surface area is 113 Å². The Balaban J connectivity index is 2.02. The lowest BCUT2D eigenvalue weighted by Crippen LogP contribution is -2.34. The molecule has 0 amide bonds. The van der Waals surface area contributed by atoms with Gasteiger partial charge < -0.3 is 4.40 Å². The van der Waals surface area contributed by atoms with Crippen LogP contribution in [0.1, 0.15) is 48.4 Å². The van der Waals surface area contributed by atoms with E-state index in [4.69, 9.17) is 0 Å². The number of nitrogens with zero attached hydrogens (tertiary/aromatic N) is 3. The molecule has 0 saturated carbocycles. The largest absolute Gasteiger partial charge is 0.302 e. The predicted octanol–water partition coefficient (Wildman–Crippen LogP) is 2.69. The van der Waals surface area contributed by atoms with Crippen molar-refractivity contribution in [1.82, 2.24) is 14.3 Å². The predicted molar refractivity (Wildman–Crippen MR) is 74.4 cm³/mol. The SMILES string of the molecule is CCN1CCCCC1c1ncc2cc(C=O)ccn12. The van der Waals surface area contributed by atoms with Gasteiger partial charge in [0.1, 0.15) is 12.1 Å². The molecule has 4 nitrogen and oxygen atoms in total. The number of imidazole rings is 1. The van der Waals surface area contributed by atoms with Gasteiger partial charge in [-0.1, -0.05) is 13.3 Å². The van der Waals surface area contributed by atoms with Gasteiger partial charge in [0.15, 0.2) is 0 Å². The lowest BCUT2D eigenvalue weighted by Gasteiger charge is -2.33.